The minimum atomic E-state index is 0.161. The highest BCUT2D eigenvalue weighted by Crippen LogP contribution is 2.18. The first kappa shape index (κ1) is 19.7. The first-order valence-corrected chi connectivity index (χ1v) is 10.1. The monoisotopic (exact) mass is 376 g/mol. The standard InChI is InChI=1S/C19H32N6O2/c1-3-20-19(21-8-4-5-18(26)22-16-6-7-16)25-11-9-24(10-12-25)14-17-13-15(2)27-23-17/h13,16H,3-12,14H2,1-2H3,(H,20,21)(H,22,26). The Bertz CT molecular complexity index is 632. The van der Waals surface area contributed by atoms with Gasteiger partial charge in [0, 0.05) is 64.3 Å². The molecule has 2 heterocycles. The van der Waals surface area contributed by atoms with E-state index in [1.165, 1.54) is 0 Å². The molecule has 8 heteroatoms. The Kier molecular flexibility index (Phi) is 7.09. The molecular weight excluding hydrogens is 344 g/mol. The van der Waals surface area contributed by atoms with Gasteiger partial charge < -0.3 is 20.1 Å². The second-order valence-electron chi connectivity index (χ2n) is 7.37. The van der Waals surface area contributed by atoms with E-state index in [0.717, 1.165) is 75.9 Å². The molecule has 1 aliphatic carbocycles. The van der Waals surface area contributed by atoms with Crippen molar-refractivity contribution < 1.29 is 9.32 Å². The van der Waals surface area contributed by atoms with E-state index in [9.17, 15) is 4.79 Å². The van der Waals surface area contributed by atoms with Crippen molar-refractivity contribution in [1.29, 1.82) is 0 Å². The third-order valence-corrected chi connectivity index (χ3v) is 4.84. The molecule has 0 bridgehead atoms. The first-order chi connectivity index (χ1) is 13.1. The highest BCUT2D eigenvalue weighted by Gasteiger charge is 2.23. The number of carbonyl (C=O) groups excluding carboxylic acids is 1. The van der Waals surface area contributed by atoms with Crippen LogP contribution in [0.5, 0.6) is 0 Å². The molecule has 1 aromatic heterocycles. The van der Waals surface area contributed by atoms with E-state index >= 15 is 0 Å². The van der Waals surface area contributed by atoms with Gasteiger partial charge in [-0.15, -0.1) is 0 Å². The fourth-order valence-electron chi connectivity index (χ4n) is 3.22. The number of amides is 1. The molecule has 2 N–H and O–H groups in total. The van der Waals surface area contributed by atoms with Crippen molar-refractivity contribution in [3.05, 3.63) is 17.5 Å². The van der Waals surface area contributed by atoms with Gasteiger partial charge in [0.2, 0.25) is 5.91 Å². The summed E-state index contributed by atoms with van der Waals surface area (Å²) in [7, 11) is 0. The Morgan fingerprint density at radius 2 is 2.11 bits per heavy atom. The number of piperazine rings is 1. The summed E-state index contributed by atoms with van der Waals surface area (Å²) in [6.45, 7) is 10.2. The molecule has 1 aliphatic heterocycles. The molecule has 1 amide bonds. The van der Waals surface area contributed by atoms with Gasteiger partial charge >= 0.3 is 0 Å². The van der Waals surface area contributed by atoms with Gasteiger partial charge in [-0.2, -0.15) is 0 Å². The predicted octanol–water partition coefficient (Wildman–Crippen LogP) is 1.12. The minimum absolute atomic E-state index is 0.161. The molecule has 0 spiro atoms. The number of nitrogens with zero attached hydrogens (tertiary/aromatic N) is 4. The lowest BCUT2D eigenvalue weighted by Gasteiger charge is -2.36. The van der Waals surface area contributed by atoms with Gasteiger partial charge in [-0.1, -0.05) is 5.16 Å². The van der Waals surface area contributed by atoms with Gasteiger partial charge in [-0.25, -0.2) is 0 Å². The molecule has 1 saturated heterocycles. The number of aromatic nitrogens is 1. The Balaban J connectivity index is 1.40. The summed E-state index contributed by atoms with van der Waals surface area (Å²) < 4.78 is 5.15. The zero-order chi connectivity index (χ0) is 19.1. The van der Waals surface area contributed by atoms with E-state index in [0.29, 0.717) is 19.0 Å². The Morgan fingerprint density at radius 3 is 2.74 bits per heavy atom. The molecule has 0 unspecified atom stereocenters. The van der Waals surface area contributed by atoms with Crippen LogP contribution in [-0.2, 0) is 11.3 Å². The van der Waals surface area contributed by atoms with Crippen LogP contribution in [0.1, 0.15) is 44.1 Å². The highest BCUT2D eigenvalue weighted by molar-refractivity contribution is 5.80. The summed E-state index contributed by atoms with van der Waals surface area (Å²) in [5.41, 5.74) is 0.992. The van der Waals surface area contributed by atoms with Gasteiger partial charge in [-0.05, 0) is 33.1 Å². The third kappa shape index (κ3) is 6.53. The van der Waals surface area contributed by atoms with Crippen LogP contribution < -0.4 is 10.6 Å². The molecule has 0 aromatic carbocycles. The van der Waals surface area contributed by atoms with E-state index in [4.69, 9.17) is 9.52 Å². The smallest absolute Gasteiger partial charge is 0.220 e. The number of rotatable bonds is 8. The maximum atomic E-state index is 11.8. The van der Waals surface area contributed by atoms with Crippen molar-refractivity contribution in [2.45, 2.75) is 52.1 Å². The van der Waals surface area contributed by atoms with Crippen molar-refractivity contribution in [3.63, 3.8) is 0 Å². The van der Waals surface area contributed by atoms with Gasteiger partial charge in [-0.3, -0.25) is 14.7 Å². The number of hydrogen-bond acceptors (Lipinski definition) is 5. The molecule has 3 rings (SSSR count). The van der Waals surface area contributed by atoms with E-state index in [-0.39, 0.29) is 5.91 Å². The Morgan fingerprint density at radius 1 is 1.33 bits per heavy atom. The van der Waals surface area contributed by atoms with E-state index in [1.54, 1.807) is 0 Å². The molecule has 2 aliphatic rings. The molecule has 27 heavy (non-hydrogen) atoms. The number of hydrogen-bond donors (Lipinski definition) is 2. The largest absolute Gasteiger partial charge is 0.361 e. The Hall–Kier alpha value is -2.09. The van der Waals surface area contributed by atoms with Crippen molar-refractivity contribution in [2.75, 3.05) is 39.3 Å². The quantitative estimate of drug-likeness (QED) is 0.402. The SMILES string of the molecule is CCNC(=NCCCC(=O)NC1CC1)N1CCN(Cc2cc(C)on2)CC1. The maximum Gasteiger partial charge on any atom is 0.220 e. The fraction of sp³-hybridized carbons (Fsp3) is 0.737. The lowest BCUT2D eigenvalue weighted by atomic mass is 10.3. The van der Waals surface area contributed by atoms with Crippen LogP contribution in [0.4, 0.5) is 0 Å². The van der Waals surface area contributed by atoms with E-state index in [1.807, 2.05) is 13.0 Å². The molecule has 150 valence electrons. The first-order valence-electron chi connectivity index (χ1n) is 10.1. The number of aliphatic imine (C=N–C) groups is 1. The van der Waals surface area contributed by atoms with Crippen LogP contribution >= 0.6 is 0 Å². The van der Waals surface area contributed by atoms with Crippen molar-refractivity contribution in [2.24, 2.45) is 4.99 Å². The summed E-state index contributed by atoms with van der Waals surface area (Å²) in [5.74, 6) is 1.97. The van der Waals surface area contributed by atoms with Gasteiger partial charge in [0.05, 0.1) is 5.69 Å². The van der Waals surface area contributed by atoms with Crippen LogP contribution in [0, 0.1) is 6.92 Å². The van der Waals surface area contributed by atoms with Gasteiger partial charge in [0.15, 0.2) is 5.96 Å². The van der Waals surface area contributed by atoms with E-state index in [2.05, 4.69) is 32.5 Å². The summed E-state index contributed by atoms with van der Waals surface area (Å²) >= 11 is 0. The summed E-state index contributed by atoms with van der Waals surface area (Å²) in [4.78, 5) is 21.2. The van der Waals surface area contributed by atoms with Crippen LogP contribution in [-0.4, -0.2) is 72.1 Å². The number of guanidine groups is 1. The van der Waals surface area contributed by atoms with Crippen molar-refractivity contribution in [1.82, 2.24) is 25.6 Å². The van der Waals surface area contributed by atoms with Crippen molar-refractivity contribution >= 4 is 11.9 Å². The number of nitrogens with one attached hydrogen (secondary N) is 2. The van der Waals surface area contributed by atoms with Crippen molar-refractivity contribution in [3.8, 4) is 0 Å². The van der Waals surface area contributed by atoms with Crippen LogP contribution in [0.2, 0.25) is 0 Å². The summed E-state index contributed by atoms with van der Waals surface area (Å²) in [6.07, 6.45) is 3.62. The second kappa shape index (κ2) is 9.73. The van der Waals surface area contributed by atoms with E-state index < -0.39 is 0 Å². The third-order valence-electron chi connectivity index (χ3n) is 4.84. The maximum absolute atomic E-state index is 11.8. The molecule has 0 atom stereocenters. The summed E-state index contributed by atoms with van der Waals surface area (Å²) in [6, 6.07) is 2.44. The average molecular weight is 377 g/mol. The van der Waals surface area contributed by atoms with Gasteiger partial charge in [0.1, 0.15) is 5.76 Å². The summed E-state index contributed by atoms with van der Waals surface area (Å²) in [5, 5.41) is 10.5. The molecule has 0 radical (unpaired) electrons. The highest BCUT2D eigenvalue weighted by atomic mass is 16.5. The van der Waals surface area contributed by atoms with Crippen LogP contribution in [0.15, 0.2) is 15.6 Å². The lowest BCUT2D eigenvalue weighted by Crippen LogP contribution is -2.52. The topological polar surface area (TPSA) is 86.0 Å². The molecule has 1 aromatic rings. The zero-order valence-electron chi connectivity index (χ0n) is 16.5. The Labute approximate surface area is 161 Å². The van der Waals surface area contributed by atoms with Crippen LogP contribution in [0.3, 0.4) is 0 Å². The molecule has 2 fully saturated rings. The molecule has 1 saturated carbocycles. The number of aryl methyl sites for hydroxylation is 1. The fourth-order valence-corrected chi connectivity index (χ4v) is 3.22. The normalized spacial score (nSPS) is 18.6. The average Bonchev–Trinajstić information content (AvgIpc) is 3.38. The second-order valence-corrected chi connectivity index (χ2v) is 7.37. The van der Waals surface area contributed by atoms with Crippen LogP contribution in [0.25, 0.3) is 0 Å². The lowest BCUT2D eigenvalue weighted by molar-refractivity contribution is -0.121. The number of carbonyl (C=O) groups is 1. The predicted molar refractivity (Wildman–Crippen MR) is 104 cm³/mol. The minimum Gasteiger partial charge on any atom is -0.361 e. The zero-order valence-corrected chi connectivity index (χ0v) is 16.5. The molecular formula is C19H32N6O2. The molecule has 8 nitrogen and oxygen atoms in total. The van der Waals surface area contributed by atoms with Gasteiger partial charge in [0.25, 0.3) is 0 Å².